The summed E-state index contributed by atoms with van der Waals surface area (Å²) in [4.78, 5) is 60.3. The number of likely N-dealkylation sites (N-methyl/N-ethyl adjacent to an activating group) is 1. The van der Waals surface area contributed by atoms with Crippen LogP contribution in [0.15, 0.2) is 24.3 Å². The van der Waals surface area contributed by atoms with E-state index in [1.54, 1.807) is 31.1 Å². The van der Waals surface area contributed by atoms with Crippen molar-refractivity contribution in [3.8, 4) is 0 Å². The molecule has 12 heteroatoms. The number of carbonyl (C=O) groups excluding carboxylic acids is 4. The van der Waals surface area contributed by atoms with E-state index in [1.165, 1.54) is 23.5 Å². The molecule has 1 saturated carbocycles. The number of imide groups is 1. The van der Waals surface area contributed by atoms with Crippen LogP contribution in [0.4, 0.5) is 4.79 Å². The molecule has 3 atom stereocenters. The normalized spacial score (nSPS) is 21.5. The van der Waals surface area contributed by atoms with Gasteiger partial charge in [-0.25, -0.2) is 9.78 Å². The van der Waals surface area contributed by atoms with Crippen LogP contribution in [0.1, 0.15) is 50.0 Å². The SMILES string of the molecule is CN1CCc2nc(C(=O)N[C@@H]3C[C@@H](C(=O)N(C)C)CC[C@@H]3NC(=O)NC(=O)c3ccc(Cl)cc3)sc2C1. The van der Waals surface area contributed by atoms with E-state index >= 15 is 0 Å². The fourth-order valence-electron chi connectivity index (χ4n) is 4.72. The smallest absolute Gasteiger partial charge is 0.321 e. The summed E-state index contributed by atoms with van der Waals surface area (Å²) in [5.74, 6) is -1.19. The van der Waals surface area contributed by atoms with Crippen LogP contribution in [0.2, 0.25) is 5.02 Å². The molecule has 0 spiro atoms. The molecule has 4 rings (SSSR count). The van der Waals surface area contributed by atoms with Crippen LogP contribution in [0, 0.1) is 5.92 Å². The lowest BCUT2D eigenvalue weighted by Gasteiger charge is -2.37. The summed E-state index contributed by atoms with van der Waals surface area (Å²) in [6.07, 6.45) is 2.19. The summed E-state index contributed by atoms with van der Waals surface area (Å²) in [5, 5.41) is 9.01. The molecule has 2 heterocycles. The molecular formula is C25H31ClN6O4S. The number of benzene rings is 1. The van der Waals surface area contributed by atoms with Gasteiger partial charge >= 0.3 is 6.03 Å². The number of rotatable bonds is 5. The zero-order valence-electron chi connectivity index (χ0n) is 21.0. The molecule has 198 valence electrons. The van der Waals surface area contributed by atoms with Gasteiger partial charge in [-0.3, -0.25) is 19.7 Å². The van der Waals surface area contributed by atoms with Gasteiger partial charge in [0, 0.05) is 55.0 Å². The van der Waals surface area contributed by atoms with Gasteiger partial charge in [0.05, 0.1) is 17.8 Å². The third-order valence-electron chi connectivity index (χ3n) is 6.72. The molecule has 5 amide bonds. The second-order valence-electron chi connectivity index (χ2n) is 9.74. The maximum atomic E-state index is 13.2. The van der Waals surface area contributed by atoms with E-state index in [9.17, 15) is 19.2 Å². The minimum absolute atomic E-state index is 0.0205. The van der Waals surface area contributed by atoms with E-state index in [2.05, 4.69) is 25.8 Å². The van der Waals surface area contributed by atoms with Crippen LogP contribution in [0.5, 0.6) is 0 Å². The van der Waals surface area contributed by atoms with Gasteiger partial charge in [-0.05, 0) is 50.6 Å². The monoisotopic (exact) mass is 546 g/mol. The molecule has 10 nitrogen and oxygen atoms in total. The van der Waals surface area contributed by atoms with Gasteiger partial charge in [-0.1, -0.05) is 11.6 Å². The summed E-state index contributed by atoms with van der Waals surface area (Å²) in [5.41, 5.74) is 1.25. The van der Waals surface area contributed by atoms with Crippen molar-refractivity contribution in [1.82, 2.24) is 30.7 Å². The number of urea groups is 1. The Morgan fingerprint density at radius 3 is 2.49 bits per heavy atom. The van der Waals surface area contributed by atoms with E-state index in [0.717, 1.165) is 30.1 Å². The van der Waals surface area contributed by atoms with E-state index in [4.69, 9.17) is 11.6 Å². The molecule has 2 aliphatic rings. The zero-order chi connectivity index (χ0) is 26.7. The molecule has 3 N–H and O–H groups in total. The Morgan fingerprint density at radius 1 is 1.05 bits per heavy atom. The Bertz CT molecular complexity index is 1180. The van der Waals surface area contributed by atoms with Gasteiger partial charge in [0.2, 0.25) is 5.91 Å². The number of nitrogens with one attached hydrogen (secondary N) is 3. The maximum absolute atomic E-state index is 13.2. The fraction of sp³-hybridized carbons (Fsp3) is 0.480. The number of carbonyl (C=O) groups is 4. The van der Waals surface area contributed by atoms with E-state index in [0.29, 0.717) is 34.9 Å². The molecule has 1 aromatic carbocycles. The summed E-state index contributed by atoms with van der Waals surface area (Å²) < 4.78 is 0. The molecule has 0 saturated heterocycles. The van der Waals surface area contributed by atoms with Crippen molar-refractivity contribution in [3.05, 3.63) is 50.4 Å². The van der Waals surface area contributed by atoms with Gasteiger partial charge in [-0.2, -0.15) is 0 Å². The van der Waals surface area contributed by atoms with Crippen LogP contribution in [0.3, 0.4) is 0 Å². The molecule has 1 aliphatic carbocycles. The first-order valence-electron chi connectivity index (χ1n) is 12.2. The molecule has 0 bridgehead atoms. The van der Waals surface area contributed by atoms with Crippen LogP contribution in [0.25, 0.3) is 0 Å². The van der Waals surface area contributed by atoms with Crippen LogP contribution in [-0.2, 0) is 17.8 Å². The largest absolute Gasteiger partial charge is 0.349 e. The Hall–Kier alpha value is -3.02. The van der Waals surface area contributed by atoms with Crippen molar-refractivity contribution >= 4 is 46.7 Å². The molecule has 1 fully saturated rings. The van der Waals surface area contributed by atoms with Crippen molar-refractivity contribution in [2.24, 2.45) is 5.92 Å². The Kier molecular flexibility index (Phi) is 8.46. The van der Waals surface area contributed by atoms with Crippen molar-refractivity contribution in [3.63, 3.8) is 0 Å². The molecule has 1 aromatic heterocycles. The van der Waals surface area contributed by atoms with Gasteiger partial charge in [0.15, 0.2) is 5.01 Å². The maximum Gasteiger partial charge on any atom is 0.321 e. The third kappa shape index (κ3) is 6.65. The summed E-state index contributed by atoms with van der Waals surface area (Å²) in [6, 6.07) is 4.54. The Balaban J connectivity index is 1.45. The molecule has 37 heavy (non-hydrogen) atoms. The lowest BCUT2D eigenvalue weighted by molar-refractivity contribution is -0.134. The first-order valence-corrected chi connectivity index (χ1v) is 13.4. The lowest BCUT2D eigenvalue weighted by atomic mass is 9.81. The van der Waals surface area contributed by atoms with Gasteiger partial charge in [0.1, 0.15) is 0 Å². The number of aromatic nitrogens is 1. The fourth-order valence-corrected chi connectivity index (χ4v) is 5.94. The van der Waals surface area contributed by atoms with Gasteiger partial charge < -0.3 is 20.4 Å². The number of halogens is 1. The number of hydrogen-bond donors (Lipinski definition) is 3. The van der Waals surface area contributed by atoms with Crippen molar-refractivity contribution < 1.29 is 19.2 Å². The average molecular weight is 547 g/mol. The highest BCUT2D eigenvalue weighted by atomic mass is 35.5. The van der Waals surface area contributed by atoms with Crippen molar-refractivity contribution in [1.29, 1.82) is 0 Å². The summed E-state index contributed by atoms with van der Waals surface area (Å²) in [6.45, 7) is 1.65. The van der Waals surface area contributed by atoms with Crippen molar-refractivity contribution in [2.45, 2.75) is 44.3 Å². The molecule has 1 aliphatic heterocycles. The zero-order valence-corrected chi connectivity index (χ0v) is 22.6. The second-order valence-corrected chi connectivity index (χ2v) is 11.3. The van der Waals surface area contributed by atoms with Crippen LogP contribution < -0.4 is 16.0 Å². The van der Waals surface area contributed by atoms with Gasteiger partial charge in [0.25, 0.3) is 11.8 Å². The Morgan fingerprint density at radius 2 is 1.78 bits per heavy atom. The van der Waals surface area contributed by atoms with Crippen LogP contribution >= 0.6 is 22.9 Å². The first-order chi connectivity index (χ1) is 17.6. The standard InChI is InChI=1S/C25H31ClN6O4S/c1-31(2)24(35)15-6-9-17(29-25(36)30-21(33)14-4-7-16(26)8-5-14)19(12-15)27-22(34)23-28-18-10-11-32(3)13-20(18)37-23/h4-5,7-8,15,17,19H,6,9-13H2,1-3H3,(H,27,34)(H2,29,30,33,36)/t15-,17-,19+/m0/s1. The highest BCUT2D eigenvalue weighted by Crippen LogP contribution is 2.28. The summed E-state index contributed by atoms with van der Waals surface area (Å²) in [7, 11) is 5.44. The lowest BCUT2D eigenvalue weighted by Crippen LogP contribution is -2.57. The molecule has 0 unspecified atom stereocenters. The predicted molar refractivity (Wildman–Crippen MR) is 141 cm³/mol. The predicted octanol–water partition coefficient (Wildman–Crippen LogP) is 2.28. The minimum atomic E-state index is -0.672. The number of fused-ring (bicyclic) bond motifs is 1. The number of nitrogens with zero attached hydrogens (tertiary/aromatic N) is 3. The average Bonchev–Trinajstić information content (AvgIpc) is 3.28. The highest BCUT2D eigenvalue weighted by molar-refractivity contribution is 7.13. The highest BCUT2D eigenvalue weighted by Gasteiger charge is 2.37. The topological polar surface area (TPSA) is 124 Å². The molecular weight excluding hydrogens is 516 g/mol. The van der Waals surface area contributed by atoms with E-state index in [1.807, 2.05) is 7.05 Å². The van der Waals surface area contributed by atoms with Crippen LogP contribution in [-0.4, -0.2) is 78.3 Å². The van der Waals surface area contributed by atoms with Gasteiger partial charge in [-0.15, -0.1) is 11.3 Å². The molecule has 0 radical (unpaired) electrons. The number of amides is 5. The van der Waals surface area contributed by atoms with E-state index in [-0.39, 0.29) is 17.7 Å². The quantitative estimate of drug-likeness (QED) is 0.528. The van der Waals surface area contributed by atoms with Crippen molar-refractivity contribution in [2.75, 3.05) is 27.7 Å². The third-order valence-corrected chi connectivity index (χ3v) is 8.06. The minimum Gasteiger partial charge on any atom is -0.349 e. The first kappa shape index (κ1) is 27.0. The second kappa shape index (κ2) is 11.6. The summed E-state index contributed by atoms with van der Waals surface area (Å²) >= 11 is 7.24. The number of thiazole rings is 1. The van der Waals surface area contributed by atoms with E-state index < -0.39 is 24.0 Å². The Labute approximate surface area is 224 Å². The number of hydrogen-bond acceptors (Lipinski definition) is 7. The molecule has 2 aromatic rings.